The van der Waals surface area contributed by atoms with E-state index < -0.39 is 51.9 Å². The Hall–Kier alpha value is -3.28. The topological polar surface area (TPSA) is 86.8 Å². The van der Waals surface area contributed by atoms with Crippen molar-refractivity contribution in [2.24, 2.45) is 0 Å². The summed E-state index contributed by atoms with van der Waals surface area (Å²) in [5, 5.41) is 2.76. The molecule has 0 radical (unpaired) electrons. The Morgan fingerprint density at radius 1 is 0.927 bits per heavy atom. The second-order valence-electron chi connectivity index (χ2n) is 9.48. The molecule has 2 amide bonds. The third kappa shape index (κ3) is 8.15. The van der Waals surface area contributed by atoms with Crippen LogP contribution in [0.5, 0.6) is 0 Å². The van der Waals surface area contributed by atoms with Crippen molar-refractivity contribution in [3.63, 3.8) is 0 Å². The van der Waals surface area contributed by atoms with Gasteiger partial charge in [0.2, 0.25) is 11.8 Å². The third-order valence-corrected chi connectivity index (χ3v) is 8.32. The first-order chi connectivity index (χ1) is 19.1. The molecule has 1 N–H and O–H groups in total. The summed E-state index contributed by atoms with van der Waals surface area (Å²) in [4.78, 5) is 27.7. The number of nitrogens with zero attached hydrogens (tertiary/aromatic N) is 2. The van der Waals surface area contributed by atoms with E-state index in [1.165, 1.54) is 31.2 Å². The average Bonchev–Trinajstić information content (AvgIpc) is 2.89. The van der Waals surface area contributed by atoms with Gasteiger partial charge in [0, 0.05) is 17.6 Å². The normalized spacial score (nSPS) is 12.6. The van der Waals surface area contributed by atoms with Crippen LogP contribution in [0.2, 0.25) is 10.0 Å². The lowest BCUT2D eigenvalue weighted by Gasteiger charge is -2.32. The van der Waals surface area contributed by atoms with Crippen molar-refractivity contribution >= 4 is 50.7 Å². The maximum Gasteiger partial charge on any atom is 0.416 e. The lowest BCUT2D eigenvalue weighted by Crippen LogP contribution is -2.52. The molecule has 3 rings (SSSR count). The Balaban J connectivity index is 2.13. The van der Waals surface area contributed by atoms with Gasteiger partial charge in [0.25, 0.3) is 10.0 Å². The smallest absolute Gasteiger partial charge is 0.352 e. The summed E-state index contributed by atoms with van der Waals surface area (Å²) in [5.74, 6) is -1.37. The second kappa shape index (κ2) is 13.1. The predicted molar refractivity (Wildman–Crippen MR) is 152 cm³/mol. The zero-order valence-electron chi connectivity index (χ0n) is 22.3. The van der Waals surface area contributed by atoms with Crippen molar-refractivity contribution in [1.82, 2.24) is 10.2 Å². The van der Waals surface area contributed by atoms with Gasteiger partial charge in [-0.25, -0.2) is 8.42 Å². The van der Waals surface area contributed by atoms with Crippen LogP contribution >= 0.6 is 23.2 Å². The molecule has 0 heterocycles. The SMILES string of the molecule is CC(C)NC(=O)C(C)N(Cc1cccc(Cl)c1)C(=O)CN(c1cc(C(F)(F)F)ccc1Cl)S(=O)(=O)c1ccccc1. The van der Waals surface area contributed by atoms with E-state index in [9.17, 15) is 31.2 Å². The number of alkyl halides is 3. The summed E-state index contributed by atoms with van der Waals surface area (Å²) in [6.07, 6.45) is -4.81. The summed E-state index contributed by atoms with van der Waals surface area (Å²) < 4.78 is 68.9. The standard InChI is InChI=1S/C28H28Cl2F3N3O4S/c1-18(2)34-27(38)19(3)35(16-20-8-7-9-22(29)14-20)26(37)17-36(41(39,40)23-10-5-4-6-11-23)25-15-21(28(31,32)33)12-13-24(25)30/h4-15,18-19H,16-17H2,1-3H3,(H,34,38). The van der Waals surface area contributed by atoms with Gasteiger partial charge in [-0.1, -0.05) is 53.5 Å². The first-order valence-electron chi connectivity index (χ1n) is 12.4. The Morgan fingerprint density at radius 2 is 1.59 bits per heavy atom. The van der Waals surface area contributed by atoms with Crippen molar-refractivity contribution in [2.75, 3.05) is 10.8 Å². The van der Waals surface area contributed by atoms with E-state index >= 15 is 0 Å². The van der Waals surface area contributed by atoms with Crippen LogP contribution in [0.4, 0.5) is 18.9 Å². The number of carbonyl (C=O) groups is 2. The first kappa shape index (κ1) is 32.2. The molecule has 0 aliphatic rings. The molecular weight excluding hydrogens is 602 g/mol. The summed E-state index contributed by atoms with van der Waals surface area (Å²) >= 11 is 12.3. The van der Waals surface area contributed by atoms with Gasteiger partial charge >= 0.3 is 6.18 Å². The molecule has 220 valence electrons. The lowest BCUT2D eigenvalue weighted by molar-refractivity contribution is -0.139. The molecule has 0 saturated heterocycles. The fourth-order valence-electron chi connectivity index (χ4n) is 3.93. The van der Waals surface area contributed by atoms with Gasteiger partial charge in [-0.3, -0.25) is 13.9 Å². The number of hydrogen-bond donors (Lipinski definition) is 1. The molecule has 3 aromatic rings. The highest BCUT2D eigenvalue weighted by atomic mass is 35.5. The Labute approximate surface area is 246 Å². The van der Waals surface area contributed by atoms with Crippen molar-refractivity contribution < 1.29 is 31.2 Å². The molecule has 1 unspecified atom stereocenters. The number of nitrogens with one attached hydrogen (secondary N) is 1. The molecule has 1 atom stereocenters. The van der Waals surface area contributed by atoms with Crippen molar-refractivity contribution in [3.05, 3.63) is 94.0 Å². The number of halogens is 5. The van der Waals surface area contributed by atoms with Crippen LogP contribution in [0, 0.1) is 0 Å². The Kier molecular flexibility index (Phi) is 10.3. The number of hydrogen-bond acceptors (Lipinski definition) is 4. The van der Waals surface area contributed by atoms with Gasteiger partial charge < -0.3 is 10.2 Å². The van der Waals surface area contributed by atoms with Gasteiger partial charge in [-0.2, -0.15) is 13.2 Å². The largest absolute Gasteiger partial charge is 0.416 e. The first-order valence-corrected chi connectivity index (χ1v) is 14.6. The zero-order chi connectivity index (χ0) is 30.5. The highest BCUT2D eigenvalue weighted by Gasteiger charge is 2.36. The van der Waals surface area contributed by atoms with Crippen LogP contribution in [-0.2, 0) is 32.3 Å². The van der Waals surface area contributed by atoms with Crippen LogP contribution in [0.25, 0.3) is 0 Å². The van der Waals surface area contributed by atoms with Crippen LogP contribution < -0.4 is 9.62 Å². The molecular formula is C28H28Cl2F3N3O4S. The molecule has 0 aliphatic carbocycles. The van der Waals surface area contributed by atoms with E-state index in [4.69, 9.17) is 23.2 Å². The van der Waals surface area contributed by atoms with Gasteiger partial charge in [0.15, 0.2) is 0 Å². The molecule has 0 fully saturated rings. The van der Waals surface area contributed by atoms with Crippen LogP contribution in [-0.4, -0.2) is 43.8 Å². The molecule has 3 aromatic carbocycles. The monoisotopic (exact) mass is 629 g/mol. The number of sulfonamides is 1. The van der Waals surface area contributed by atoms with Crippen LogP contribution in [0.1, 0.15) is 31.9 Å². The molecule has 13 heteroatoms. The van der Waals surface area contributed by atoms with E-state index in [1.54, 1.807) is 44.2 Å². The molecule has 0 aliphatic heterocycles. The second-order valence-corrected chi connectivity index (χ2v) is 12.2. The fraction of sp³-hybridized carbons (Fsp3) is 0.286. The summed E-state index contributed by atoms with van der Waals surface area (Å²) in [7, 11) is -4.60. The summed E-state index contributed by atoms with van der Waals surface area (Å²) in [6.45, 7) is 3.85. The highest BCUT2D eigenvalue weighted by molar-refractivity contribution is 7.92. The van der Waals surface area contributed by atoms with Gasteiger partial charge in [-0.15, -0.1) is 0 Å². The minimum absolute atomic E-state index is 0.137. The molecule has 41 heavy (non-hydrogen) atoms. The van der Waals surface area contributed by atoms with Crippen molar-refractivity contribution in [2.45, 2.75) is 50.5 Å². The van der Waals surface area contributed by atoms with Crippen molar-refractivity contribution in [1.29, 1.82) is 0 Å². The van der Waals surface area contributed by atoms with E-state index in [-0.39, 0.29) is 22.5 Å². The lowest BCUT2D eigenvalue weighted by atomic mass is 10.1. The predicted octanol–water partition coefficient (Wildman–Crippen LogP) is 6.15. The van der Waals surface area contributed by atoms with Crippen LogP contribution in [0.15, 0.2) is 77.7 Å². The van der Waals surface area contributed by atoms with Gasteiger partial charge in [0.05, 0.1) is 21.2 Å². The molecule has 0 saturated carbocycles. The van der Waals surface area contributed by atoms with E-state index in [2.05, 4.69) is 5.32 Å². The summed E-state index contributed by atoms with van der Waals surface area (Å²) in [5.41, 5.74) is -1.15. The quantitative estimate of drug-likeness (QED) is 0.291. The Morgan fingerprint density at radius 3 is 2.17 bits per heavy atom. The number of amides is 2. The summed E-state index contributed by atoms with van der Waals surface area (Å²) in [6, 6.07) is 14.3. The van der Waals surface area contributed by atoms with E-state index in [0.717, 1.165) is 11.0 Å². The van der Waals surface area contributed by atoms with E-state index in [0.29, 0.717) is 27.0 Å². The maximum absolute atomic E-state index is 13.9. The highest BCUT2D eigenvalue weighted by Crippen LogP contribution is 2.37. The fourth-order valence-corrected chi connectivity index (χ4v) is 5.86. The number of benzene rings is 3. The average molecular weight is 631 g/mol. The molecule has 0 spiro atoms. The number of carbonyl (C=O) groups excluding carboxylic acids is 2. The van der Waals surface area contributed by atoms with Gasteiger partial charge in [-0.05, 0) is 68.8 Å². The van der Waals surface area contributed by atoms with E-state index in [1.807, 2.05) is 0 Å². The molecule has 0 bridgehead atoms. The molecule has 0 aromatic heterocycles. The Bertz CT molecular complexity index is 1500. The molecule has 7 nitrogen and oxygen atoms in total. The van der Waals surface area contributed by atoms with Crippen molar-refractivity contribution in [3.8, 4) is 0 Å². The van der Waals surface area contributed by atoms with Gasteiger partial charge in [0.1, 0.15) is 12.6 Å². The zero-order valence-corrected chi connectivity index (χ0v) is 24.7. The maximum atomic E-state index is 13.9. The van der Waals surface area contributed by atoms with Crippen LogP contribution in [0.3, 0.4) is 0 Å². The number of anilines is 1. The third-order valence-electron chi connectivity index (χ3n) is 5.99. The minimum atomic E-state index is -4.81. The minimum Gasteiger partial charge on any atom is -0.352 e. The number of rotatable bonds is 10.